The van der Waals surface area contributed by atoms with Crippen molar-refractivity contribution in [1.29, 1.82) is 0 Å². The molecule has 0 fully saturated rings. The van der Waals surface area contributed by atoms with Gasteiger partial charge in [-0.2, -0.15) is 4.57 Å². The Morgan fingerprint density at radius 2 is 1.81 bits per heavy atom. The van der Waals surface area contributed by atoms with Gasteiger partial charge >= 0.3 is 0 Å². The van der Waals surface area contributed by atoms with Crippen LogP contribution in [0.15, 0.2) is 42.7 Å². The molecule has 0 radical (unpaired) electrons. The maximum Gasteiger partial charge on any atom is 0.290 e. The summed E-state index contributed by atoms with van der Waals surface area (Å²) in [6.45, 7) is 4.37. The van der Waals surface area contributed by atoms with Crippen molar-refractivity contribution in [2.45, 2.75) is 20.4 Å². The lowest BCUT2D eigenvalue weighted by Gasteiger charge is -2.11. The number of nitrogens with one attached hydrogen (secondary N) is 1. The summed E-state index contributed by atoms with van der Waals surface area (Å²) in [4.78, 5) is 14.2. The third-order valence-corrected chi connectivity index (χ3v) is 3.59. The van der Waals surface area contributed by atoms with Gasteiger partial charge in [0.05, 0.1) is 0 Å². The molecule has 0 spiro atoms. The van der Waals surface area contributed by atoms with Crippen molar-refractivity contribution in [2.24, 2.45) is 0 Å². The van der Waals surface area contributed by atoms with Gasteiger partial charge in [-0.1, -0.05) is 12.1 Å². The Bertz CT molecular complexity index is 633. The highest BCUT2D eigenvalue weighted by Crippen LogP contribution is 2.17. The zero-order valence-corrected chi connectivity index (χ0v) is 13.1. The molecule has 4 nitrogen and oxygen atoms in total. The number of carbonyl (C=O) groups excluding carboxylic acids is 1. The monoisotopic (exact) mass is 284 g/mol. The molecule has 2 aromatic rings. The number of hydrogen-bond acceptors (Lipinski definition) is 2. The molecule has 0 aliphatic heterocycles. The van der Waals surface area contributed by atoms with Crippen molar-refractivity contribution < 1.29 is 9.36 Å². The quantitative estimate of drug-likeness (QED) is 0.875. The number of aromatic nitrogens is 1. The Kier molecular flexibility index (Phi) is 4.58. The summed E-state index contributed by atoms with van der Waals surface area (Å²) < 4.78 is 1.87. The van der Waals surface area contributed by atoms with E-state index in [9.17, 15) is 4.79 Å². The topological polar surface area (TPSA) is 36.2 Å². The largest absolute Gasteiger partial charge is 0.377 e. The first-order valence-corrected chi connectivity index (χ1v) is 7.00. The van der Waals surface area contributed by atoms with Gasteiger partial charge in [-0.15, -0.1) is 0 Å². The zero-order valence-electron chi connectivity index (χ0n) is 13.1. The van der Waals surface area contributed by atoms with Gasteiger partial charge in [0.1, 0.15) is 0 Å². The second-order valence-electron chi connectivity index (χ2n) is 5.42. The van der Waals surface area contributed by atoms with Gasteiger partial charge < -0.3 is 10.2 Å². The Morgan fingerprint density at radius 3 is 2.43 bits per heavy atom. The van der Waals surface area contributed by atoms with Crippen LogP contribution in [0.4, 0.5) is 11.4 Å². The number of hydrogen-bond donors (Lipinski definition) is 1. The van der Waals surface area contributed by atoms with E-state index in [-0.39, 0.29) is 5.91 Å². The summed E-state index contributed by atoms with van der Waals surface area (Å²) >= 11 is 0. The van der Waals surface area contributed by atoms with Crippen molar-refractivity contribution >= 4 is 17.3 Å². The fraction of sp³-hybridized carbons (Fsp3) is 0.294. The minimum absolute atomic E-state index is 0.0219. The Morgan fingerprint density at radius 1 is 1.14 bits per heavy atom. The van der Waals surface area contributed by atoms with Crippen molar-refractivity contribution in [3.63, 3.8) is 0 Å². The van der Waals surface area contributed by atoms with Crippen molar-refractivity contribution in [3.8, 4) is 0 Å². The molecular weight excluding hydrogens is 262 g/mol. The van der Waals surface area contributed by atoms with Gasteiger partial charge in [-0.25, -0.2) is 0 Å². The first-order chi connectivity index (χ1) is 9.97. The number of amides is 1. The minimum atomic E-state index is -0.0219. The van der Waals surface area contributed by atoms with Crippen molar-refractivity contribution in [3.05, 3.63) is 53.9 Å². The summed E-state index contributed by atoms with van der Waals surface area (Å²) in [5.41, 5.74) is 4.28. The molecule has 0 aliphatic rings. The summed E-state index contributed by atoms with van der Waals surface area (Å²) in [6, 6.07) is 9.91. The van der Waals surface area contributed by atoms with E-state index < -0.39 is 0 Å². The Hall–Kier alpha value is -2.36. The third-order valence-electron chi connectivity index (χ3n) is 3.59. The normalized spacial score (nSPS) is 10.3. The van der Waals surface area contributed by atoms with Crippen LogP contribution in [-0.2, 0) is 11.3 Å². The molecule has 110 valence electrons. The van der Waals surface area contributed by atoms with Gasteiger partial charge in [0.15, 0.2) is 12.4 Å². The summed E-state index contributed by atoms with van der Waals surface area (Å²) in [5.74, 6) is -0.0219. The smallest absolute Gasteiger partial charge is 0.290 e. The van der Waals surface area contributed by atoms with E-state index in [0.717, 1.165) is 16.9 Å². The minimum Gasteiger partial charge on any atom is -0.377 e. The molecule has 0 atom stereocenters. The van der Waals surface area contributed by atoms with Crippen molar-refractivity contribution in [1.82, 2.24) is 0 Å². The number of nitrogens with zero attached hydrogens (tertiary/aromatic N) is 2. The molecule has 21 heavy (non-hydrogen) atoms. The SMILES string of the molecule is Cc1cccc(NC(=O)C[n+]2ccc(N(C)C)cc2)c1C. The lowest BCUT2D eigenvalue weighted by molar-refractivity contribution is -0.684. The highest BCUT2D eigenvalue weighted by Gasteiger charge is 2.11. The maximum atomic E-state index is 12.1. The molecule has 0 saturated heterocycles. The lowest BCUT2D eigenvalue weighted by atomic mass is 10.1. The van der Waals surface area contributed by atoms with Crippen LogP contribution in [0.1, 0.15) is 11.1 Å². The Labute approximate surface area is 126 Å². The molecule has 0 bridgehead atoms. The lowest BCUT2D eigenvalue weighted by Crippen LogP contribution is -2.39. The summed E-state index contributed by atoms with van der Waals surface area (Å²) in [5, 5.41) is 2.97. The number of carbonyl (C=O) groups is 1. The van der Waals surface area contributed by atoms with Gasteiger partial charge in [-0.3, -0.25) is 4.79 Å². The van der Waals surface area contributed by atoms with E-state index in [2.05, 4.69) is 5.32 Å². The summed E-state index contributed by atoms with van der Waals surface area (Å²) in [7, 11) is 3.99. The number of anilines is 2. The fourth-order valence-corrected chi connectivity index (χ4v) is 2.10. The van der Waals surface area contributed by atoms with Crippen LogP contribution >= 0.6 is 0 Å². The maximum absolute atomic E-state index is 12.1. The van der Waals surface area contributed by atoms with Crippen molar-refractivity contribution in [2.75, 3.05) is 24.3 Å². The highest BCUT2D eigenvalue weighted by molar-refractivity contribution is 5.90. The number of rotatable bonds is 4. The first kappa shape index (κ1) is 15.0. The van der Waals surface area contributed by atoms with E-state index >= 15 is 0 Å². The van der Waals surface area contributed by atoms with Gasteiger partial charge in [0.2, 0.25) is 6.54 Å². The third kappa shape index (κ3) is 3.81. The highest BCUT2D eigenvalue weighted by atomic mass is 16.1. The fourth-order valence-electron chi connectivity index (χ4n) is 2.10. The standard InChI is InChI=1S/C17H21N3O/c1-13-6-5-7-16(14(13)2)18-17(21)12-20-10-8-15(9-11-20)19(3)4/h5-11H,12H2,1-4H3/p+1. The van der Waals surface area contributed by atoms with Crippen LogP contribution in [0.5, 0.6) is 0 Å². The zero-order chi connectivity index (χ0) is 15.4. The van der Waals surface area contributed by atoms with Crippen LogP contribution in [0.3, 0.4) is 0 Å². The van der Waals surface area contributed by atoms with E-state index in [1.165, 1.54) is 5.56 Å². The molecule has 0 saturated carbocycles. The van der Waals surface area contributed by atoms with Crippen LogP contribution in [0.2, 0.25) is 0 Å². The average molecular weight is 284 g/mol. The number of aryl methyl sites for hydroxylation is 1. The predicted octanol–water partition coefficient (Wildman–Crippen LogP) is 2.30. The molecule has 4 heteroatoms. The summed E-state index contributed by atoms with van der Waals surface area (Å²) in [6.07, 6.45) is 3.83. The van der Waals surface area contributed by atoms with Gasteiger partial charge in [-0.05, 0) is 31.0 Å². The second-order valence-corrected chi connectivity index (χ2v) is 5.42. The molecular formula is C17H22N3O+. The molecule has 1 heterocycles. The predicted molar refractivity (Wildman–Crippen MR) is 85.5 cm³/mol. The van der Waals surface area contributed by atoms with Gasteiger partial charge in [0.25, 0.3) is 5.91 Å². The molecule has 1 aromatic heterocycles. The molecule has 1 amide bonds. The second kappa shape index (κ2) is 6.39. The number of benzene rings is 1. The van der Waals surface area contributed by atoms with Crippen LogP contribution < -0.4 is 14.8 Å². The molecule has 2 rings (SSSR count). The first-order valence-electron chi connectivity index (χ1n) is 7.00. The number of pyridine rings is 1. The van der Waals surface area contributed by atoms with E-state index in [0.29, 0.717) is 6.54 Å². The molecule has 0 unspecified atom stereocenters. The van der Waals surface area contributed by atoms with E-state index in [4.69, 9.17) is 0 Å². The van der Waals surface area contributed by atoms with Crippen LogP contribution in [0, 0.1) is 13.8 Å². The van der Waals surface area contributed by atoms with Crippen LogP contribution in [-0.4, -0.2) is 20.0 Å². The van der Waals surface area contributed by atoms with Gasteiger partial charge in [0, 0.05) is 37.6 Å². The molecule has 1 aromatic carbocycles. The average Bonchev–Trinajstić information content (AvgIpc) is 2.44. The molecule has 1 N–H and O–H groups in total. The van der Waals surface area contributed by atoms with E-state index in [1.807, 2.05) is 80.1 Å². The van der Waals surface area contributed by atoms with Crippen LogP contribution in [0.25, 0.3) is 0 Å². The van der Waals surface area contributed by atoms with E-state index in [1.54, 1.807) is 0 Å². The Balaban J connectivity index is 2.03. The molecule has 0 aliphatic carbocycles.